The van der Waals surface area contributed by atoms with Crippen molar-refractivity contribution in [1.82, 2.24) is 4.98 Å². The van der Waals surface area contributed by atoms with Crippen molar-refractivity contribution in [2.45, 2.75) is 26.5 Å². The quantitative estimate of drug-likeness (QED) is 0.794. The van der Waals surface area contributed by atoms with Crippen LogP contribution < -0.4 is 4.90 Å². The summed E-state index contributed by atoms with van der Waals surface area (Å²) in [6, 6.07) is 4.09. The van der Waals surface area contributed by atoms with Gasteiger partial charge in [0.05, 0.1) is 13.2 Å². The van der Waals surface area contributed by atoms with E-state index in [0.717, 1.165) is 17.9 Å². The lowest BCUT2D eigenvalue weighted by molar-refractivity contribution is 0.203. The highest BCUT2D eigenvalue weighted by Gasteiger charge is 2.11. The molecule has 1 rings (SSSR count). The molecule has 0 saturated heterocycles. The Balaban J connectivity index is 2.82. The summed E-state index contributed by atoms with van der Waals surface area (Å²) in [5, 5.41) is 9.09. The second-order valence-electron chi connectivity index (χ2n) is 3.96. The van der Waals surface area contributed by atoms with Crippen LogP contribution in [-0.4, -0.2) is 36.4 Å². The minimum atomic E-state index is 0.0474. The van der Waals surface area contributed by atoms with Crippen LogP contribution in [0.3, 0.4) is 0 Å². The number of anilines is 1. The molecule has 0 unspecified atom stereocenters. The number of rotatable bonds is 6. The van der Waals surface area contributed by atoms with Gasteiger partial charge in [0, 0.05) is 25.9 Å². The first kappa shape index (κ1) is 12.9. The summed E-state index contributed by atoms with van der Waals surface area (Å²) in [5.41, 5.74) is 0.882. The molecule has 4 nitrogen and oxygen atoms in total. The third-order valence-corrected chi connectivity index (χ3v) is 2.45. The highest BCUT2D eigenvalue weighted by molar-refractivity contribution is 5.41. The normalized spacial score (nSPS) is 10.8. The van der Waals surface area contributed by atoms with Crippen molar-refractivity contribution in [3.63, 3.8) is 0 Å². The third kappa shape index (κ3) is 3.47. The Kier molecular flexibility index (Phi) is 5.22. The monoisotopic (exact) mass is 224 g/mol. The number of aliphatic hydroxyl groups is 1. The van der Waals surface area contributed by atoms with E-state index in [0.29, 0.717) is 12.6 Å². The Morgan fingerprint density at radius 1 is 1.50 bits per heavy atom. The van der Waals surface area contributed by atoms with E-state index < -0.39 is 0 Å². The molecule has 0 spiro atoms. The summed E-state index contributed by atoms with van der Waals surface area (Å²) >= 11 is 0. The minimum Gasteiger partial charge on any atom is -0.392 e. The molecule has 0 fully saturated rings. The first-order valence-electron chi connectivity index (χ1n) is 5.50. The molecule has 16 heavy (non-hydrogen) atoms. The van der Waals surface area contributed by atoms with Gasteiger partial charge in [0.2, 0.25) is 0 Å². The van der Waals surface area contributed by atoms with Gasteiger partial charge < -0.3 is 14.7 Å². The van der Waals surface area contributed by atoms with Crippen LogP contribution in [-0.2, 0) is 11.3 Å². The average molecular weight is 224 g/mol. The summed E-state index contributed by atoms with van der Waals surface area (Å²) < 4.78 is 5.08. The number of pyridine rings is 1. The third-order valence-electron chi connectivity index (χ3n) is 2.45. The van der Waals surface area contributed by atoms with Crippen LogP contribution in [0.1, 0.15) is 19.4 Å². The zero-order valence-electron chi connectivity index (χ0n) is 10.2. The molecule has 0 bridgehead atoms. The molecule has 0 amide bonds. The topological polar surface area (TPSA) is 45.6 Å². The Bertz CT molecular complexity index is 316. The largest absolute Gasteiger partial charge is 0.392 e. The fourth-order valence-corrected chi connectivity index (χ4v) is 1.54. The van der Waals surface area contributed by atoms with Gasteiger partial charge in [-0.1, -0.05) is 0 Å². The lowest BCUT2D eigenvalue weighted by atomic mass is 10.2. The van der Waals surface area contributed by atoms with Crippen LogP contribution in [0.25, 0.3) is 0 Å². The molecule has 1 N–H and O–H groups in total. The van der Waals surface area contributed by atoms with Gasteiger partial charge in [-0.15, -0.1) is 0 Å². The molecule has 0 radical (unpaired) electrons. The molecule has 1 heterocycles. The van der Waals surface area contributed by atoms with Crippen molar-refractivity contribution < 1.29 is 9.84 Å². The predicted molar refractivity (Wildman–Crippen MR) is 64.5 cm³/mol. The van der Waals surface area contributed by atoms with E-state index in [1.54, 1.807) is 13.3 Å². The van der Waals surface area contributed by atoms with Crippen molar-refractivity contribution in [2.75, 3.05) is 25.2 Å². The number of ether oxygens (including phenoxy) is 1. The zero-order chi connectivity index (χ0) is 12.0. The first-order valence-corrected chi connectivity index (χ1v) is 5.50. The van der Waals surface area contributed by atoms with Gasteiger partial charge in [0.25, 0.3) is 0 Å². The van der Waals surface area contributed by atoms with Gasteiger partial charge in [0.1, 0.15) is 5.82 Å². The van der Waals surface area contributed by atoms with E-state index in [-0.39, 0.29) is 6.61 Å². The predicted octanol–water partition coefficient (Wildman–Crippen LogP) is 1.44. The SMILES string of the molecule is COCCN(c1cc(CO)ccn1)C(C)C. The molecule has 0 saturated carbocycles. The van der Waals surface area contributed by atoms with E-state index >= 15 is 0 Å². The van der Waals surface area contributed by atoms with Gasteiger partial charge in [-0.2, -0.15) is 0 Å². The molecule has 90 valence electrons. The van der Waals surface area contributed by atoms with Crippen LogP contribution >= 0.6 is 0 Å². The summed E-state index contributed by atoms with van der Waals surface area (Å²) in [6.07, 6.45) is 1.73. The van der Waals surface area contributed by atoms with E-state index in [2.05, 4.69) is 23.7 Å². The molecule has 4 heteroatoms. The van der Waals surface area contributed by atoms with E-state index in [4.69, 9.17) is 9.84 Å². The van der Waals surface area contributed by atoms with Crippen molar-refractivity contribution >= 4 is 5.82 Å². The van der Waals surface area contributed by atoms with Crippen molar-refractivity contribution in [1.29, 1.82) is 0 Å². The van der Waals surface area contributed by atoms with Gasteiger partial charge in [0.15, 0.2) is 0 Å². The minimum absolute atomic E-state index is 0.0474. The molecular weight excluding hydrogens is 204 g/mol. The van der Waals surface area contributed by atoms with Crippen LogP contribution in [0.5, 0.6) is 0 Å². The number of aliphatic hydroxyl groups excluding tert-OH is 1. The van der Waals surface area contributed by atoms with Gasteiger partial charge in [-0.3, -0.25) is 0 Å². The number of methoxy groups -OCH3 is 1. The van der Waals surface area contributed by atoms with E-state index in [1.807, 2.05) is 12.1 Å². The fraction of sp³-hybridized carbons (Fsp3) is 0.583. The maximum atomic E-state index is 9.09. The Hall–Kier alpha value is -1.13. The van der Waals surface area contributed by atoms with E-state index in [9.17, 15) is 0 Å². The van der Waals surface area contributed by atoms with Gasteiger partial charge >= 0.3 is 0 Å². The molecule has 0 aliphatic heterocycles. The lowest BCUT2D eigenvalue weighted by Crippen LogP contribution is -2.34. The number of nitrogens with zero attached hydrogens (tertiary/aromatic N) is 2. The second kappa shape index (κ2) is 6.45. The summed E-state index contributed by atoms with van der Waals surface area (Å²) in [7, 11) is 1.69. The summed E-state index contributed by atoms with van der Waals surface area (Å²) in [4.78, 5) is 6.48. The van der Waals surface area contributed by atoms with Gasteiger partial charge in [-0.25, -0.2) is 4.98 Å². The van der Waals surface area contributed by atoms with Crippen LogP contribution in [0.15, 0.2) is 18.3 Å². The summed E-state index contributed by atoms with van der Waals surface area (Å²) in [6.45, 7) is 5.75. The number of hydrogen-bond acceptors (Lipinski definition) is 4. The number of aromatic nitrogens is 1. The maximum absolute atomic E-state index is 9.09. The van der Waals surface area contributed by atoms with Crippen LogP contribution in [0, 0.1) is 0 Å². The lowest BCUT2D eigenvalue weighted by Gasteiger charge is -2.27. The number of hydrogen-bond donors (Lipinski definition) is 1. The first-order chi connectivity index (χ1) is 7.69. The second-order valence-corrected chi connectivity index (χ2v) is 3.96. The average Bonchev–Trinajstić information content (AvgIpc) is 2.29. The van der Waals surface area contributed by atoms with Crippen molar-refractivity contribution in [2.24, 2.45) is 0 Å². The fourth-order valence-electron chi connectivity index (χ4n) is 1.54. The highest BCUT2D eigenvalue weighted by atomic mass is 16.5. The standard InChI is InChI=1S/C12H20N2O2/c1-10(2)14(6-7-16-3)12-8-11(9-15)4-5-13-12/h4-5,8,10,15H,6-7,9H2,1-3H3. The maximum Gasteiger partial charge on any atom is 0.129 e. The molecule has 1 aromatic rings. The van der Waals surface area contributed by atoms with Gasteiger partial charge in [-0.05, 0) is 31.5 Å². The molecule has 0 atom stereocenters. The zero-order valence-corrected chi connectivity index (χ0v) is 10.2. The van der Waals surface area contributed by atoms with Crippen molar-refractivity contribution in [3.05, 3.63) is 23.9 Å². The van der Waals surface area contributed by atoms with Crippen LogP contribution in [0.4, 0.5) is 5.82 Å². The Morgan fingerprint density at radius 3 is 2.81 bits per heavy atom. The highest BCUT2D eigenvalue weighted by Crippen LogP contribution is 2.15. The summed E-state index contributed by atoms with van der Waals surface area (Å²) in [5.74, 6) is 0.888. The van der Waals surface area contributed by atoms with Crippen molar-refractivity contribution in [3.8, 4) is 0 Å². The molecule has 0 aliphatic rings. The molecular formula is C12H20N2O2. The molecule has 0 aliphatic carbocycles. The molecule has 0 aromatic carbocycles. The Morgan fingerprint density at radius 2 is 2.25 bits per heavy atom. The molecule has 1 aromatic heterocycles. The Labute approximate surface area is 96.9 Å². The van der Waals surface area contributed by atoms with Crippen LogP contribution in [0.2, 0.25) is 0 Å². The van der Waals surface area contributed by atoms with E-state index in [1.165, 1.54) is 0 Å². The smallest absolute Gasteiger partial charge is 0.129 e.